The first-order chi connectivity index (χ1) is 14.6. The van der Waals surface area contributed by atoms with Gasteiger partial charge in [-0.05, 0) is 43.9 Å². The van der Waals surface area contributed by atoms with Crippen molar-refractivity contribution in [1.29, 1.82) is 0 Å². The van der Waals surface area contributed by atoms with Crippen molar-refractivity contribution in [3.8, 4) is 0 Å². The number of aromatic nitrogens is 2. The summed E-state index contributed by atoms with van der Waals surface area (Å²) in [4.78, 5) is 30.8. The van der Waals surface area contributed by atoms with Crippen molar-refractivity contribution in [2.45, 2.75) is 62.0 Å². The fraction of sp³-hybridized carbons (Fsp3) is 0.375. The Morgan fingerprint density at radius 3 is 2.57 bits per heavy atom. The van der Waals surface area contributed by atoms with Crippen LogP contribution in [0.15, 0.2) is 64.5 Å². The van der Waals surface area contributed by atoms with Gasteiger partial charge in [0.1, 0.15) is 0 Å². The molecule has 1 N–H and O–H groups in total. The van der Waals surface area contributed by atoms with E-state index in [4.69, 9.17) is 4.98 Å². The number of nitrogens with zero attached hydrogens (tertiary/aromatic N) is 2. The summed E-state index contributed by atoms with van der Waals surface area (Å²) < 4.78 is 1.79. The van der Waals surface area contributed by atoms with E-state index in [2.05, 4.69) is 12.2 Å². The molecule has 3 aromatic rings. The highest BCUT2D eigenvalue weighted by molar-refractivity contribution is 8.00. The van der Waals surface area contributed by atoms with Gasteiger partial charge in [-0.2, -0.15) is 0 Å². The Morgan fingerprint density at radius 2 is 1.87 bits per heavy atom. The molecule has 156 valence electrons. The molecule has 1 amide bonds. The van der Waals surface area contributed by atoms with Crippen molar-refractivity contribution in [2.24, 2.45) is 0 Å². The number of carbonyl (C=O) groups excluding carboxylic acids is 1. The van der Waals surface area contributed by atoms with Gasteiger partial charge in [0.05, 0.1) is 22.2 Å². The normalized spacial score (nSPS) is 15.7. The van der Waals surface area contributed by atoms with Crippen LogP contribution in [0.5, 0.6) is 0 Å². The van der Waals surface area contributed by atoms with Gasteiger partial charge in [0.2, 0.25) is 5.91 Å². The summed E-state index contributed by atoms with van der Waals surface area (Å²) in [5.74, 6) is -0.0351. The molecule has 1 aliphatic carbocycles. The summed E-state index contributed by atoms with van der Waals surface area (Å²) in [5, 5.41) is 4.11. The maximum Gasteiger partial charge on any atom is 0.262 e. The number of para-hydroxylation sites is 1. The molecule has 30 heavy (non-hydrogen) atoms. The van der Waals surface area contributed by atoms with Crippen molar-refractivity contribution in [3.05, 3.63) is 70.5 Å². The lowest BCUT2D eigenvalue weighted by Crippen LogP contribution is -2.35. The smallest absolute Gasteiger partial charge is 0.262 e. The van der Waals surface area contributed by atoms with Crippen molar-refractivity contribution in [2.75, 3.05) is 0 Å². The largest absolute Gasteiger partial charge is 0.348 e. The minimum atomic E-state index is -0.355. The Bertz CT molecular complexity index is 1090. The molecule has 0 bridgehead atoms. The Balaban J connectivity index is 1.56. The predicted octanol–water partition coefficient (Wildman–Crippen LogP) is 4.87. The van der Waals surface area contributed by atoms with Gasteiger partial charge in [-0.1, -0.05) is 67.6 Å². The third kappa shape index (κ3) is 4.43. The van der Waals surface area contributed by atoms with E-state index < -0.39 is 0 Å². The van der Waals surface area contributed by atoms with Crippen LogP contribution in [-0.4, -0.2) is 20.7 Å². The molecule has 0 unspecified atom stereocenters. The lowest BCUT2D eigenvalue weighted by Gasteiger charge is -2.21. The molecule has 0 aliphatic heterocycles. The number of rotatable bonds is 8. The molecule has 0 spiro atoms. The van der Waals surface area contributed by atoms with Gasteiger partial charge in [-0.3, -0.25) is 14.2 Å². The standard InChI is InChI=1S/C24H27N3O2S/c1-3-9-20(17-10-5-4-6-11-17)25-22(28)16(2)30-24-26-21-13-8-7-12-19(21)23(29)27(24)18-14-15-18/h4-8,10-13,16,18,20H,3,9,14-15H2,1-2H3,(H,25,28)/t16-,20-/m1/s1. The van der Waals surface area contributed by atoms with Crippen LogP contribution in [0.25, 0.3) is 10.9 Å². The monoisotopic (exact) mass is 421 g/mol. The fourth-order valence-corrected chi connectivity index (χ4v) is 4.65. The Labute approximate surface area is 180 Å². The van der Waals surface area contributed by atoms with E-state index in [9.17, 15) is 9.59 Å². The summed E-state index contributed by atoms with van der Waals surface area (Å²) in [6.45, 7) is 4.00. The zero-order chi connectivity index (χ0) is 21.1. The predicted molar refractivity (Wildman–Crippen MR) is 122 cm³/mol. The average molecular weight is 422 g/mol. The van der Waals surface area contributed by atoms with Crippen LogP contribution in [0.1, 0.15) is 57.2 Å². The molecule has 1 heterocycles. The summed E-state index contributed by atoms with van der Waals surface area (Å²) >= 11 is 1.37. The van der Waals surface area contributed by atoms with E-state index in [0.29, 0.717) is 16.1 Å². The Hall–Kier alpha value is -2.60. The summed E-state index contributed by atoms with van der Waals surface area (Å²) in [5.41, 5.74) is 1.79. The molecular formula is C24H27N3O2S. The lowest BCUT2D eigenvalue weighted by atomic mass is 10.0. The van der Waals surface area contributed by atoms with Crippen LogP contribution in [0.4, 0.5) is 0 Å². The van der Waals surface area contributed by atoms with Crippen molar-refractivity contribution in [1.82, 2.24) is 14.9 Å². The van der Waals surface area contributed by atoms with Crippen molar-refractivity contribution < 1.29 is 4.79 Å². The number of amides is 1. The summed E-state index contributed by atoms with van der Waals surface area (Å²) in [6, 6.07) is 17.7. The number of hydrogen-bond acceptors (Lipinski definition) is 4. The molecule has 0 radical (unpaired) electrons. The van der Waals surface area contributed by atoms with Crippen LogP contribution in [0.2, 0.25) is 0 Å². The Morgan fingerprint density at radius 1 is 1.17 bits per heavy atom. The second-order valence-corrected chi connectivity index (χ2v) is 9.15. The van der Waals surface area contributed by atoms with E-state index in [1.165, 1.54) is 11.8 Å². The third-order valence-electron chi connectivity index (χ3n) is 5.43. The first-order valence-corrected chi connectivity index (χ1v) is 11.5. The highest BCUT2D eigenvalue weighted by atomic mass is 32.2. The van der Waals surface area contributed by atoms with Gasteiger partial charge in [-0.25, -0.2) is 4.98 Å². The molecule has 2 atom stereocenters. The molecule has 5 nitrogen and oxygen atoms in total. The zero-order valence-corrected chi connectivity index (χ0v) is 18.2. The minimum Gasteiger partial charge on any atom is -0.348 e. The molecule has 1 aromatic heterocycles. The first-order valence-electron chi connectivity index (χ1n) is 10.6. The van der Waals surface area contributed by atoms with Crippen LogP contribution >= 0.6 is 11.8 Å². The van der Waals surface area contributed by atoms with Gasteiger partial charge in [0.25, 0.3) is 5.56 Å². The van der Waals surface area contributed by atoms with Gasteiger partial charge in [0, 0.05) is 6.04 Å². The zero-order valence-electron chi connectivity index (χ0n) is 17.4. The molecule has 1 fully saturated rings. The number of carbonyl (C=O) groups is 1. The number of fused-ring (bicyclic) bond motifs is 1. The molecule has 2 aromatic carbocycles. The van der Waals surface area contributed by atoms with Crippen LogP contribution in [0.3, 0.4) is 0 Å². The van der Waals surface area contributed by atoms with E-state index in [0.717, 1.165) is 31.2 Å². The molecule has 1 saturated carbocycles. The maximum atomic E-state index is 13.0. The number of thioether (sulfide) groups is 1. The topological polar surface area (TPSA) is 64.0 Å². The lowest BCUT2D eigenvalue weighted by molar-refractivity contribution is -0.121. The van der Waals surface area contributed by atoms with Gasteiger partial charge in [0.15, 0.2) is 5.16 Å². The molecule has 0 saturated heterocycles. The van der Waals surface area contributed by atoms with Gasteiger partial charge >= 0.3 is 0 Å². The average Bonchev–Trinajstić information content (AvgIpc) is 3.59. The van der Waals surface area contributed by atoms with Crippen molar-refractivity contribution in [3.63, 3.8) is 0 Å². The highest BCUT2D eigenvalue weighted by Crippen LogP contribution is 2.37. The van der Waals surface area contributed by atoms with Gasteiger partial charge in [-0.15, -0.1) is 0 Å². The molecule has 6 heteroatoms. The quantitative estimate of drug-likeness (QED) is 0.416. The molecule has 4 rings (SSSR count). The van der Waals surface area contributed by atoms with Crippen LogP contribution in [0, 0.1) is 0 Å². The van der Waals surface area contributed by atoms with E-state index in [1.54, 1.807) is 4.57 Å². The van der Waals surface area contributed by atoms with E-state index >= 15 is 0 Å². The highest BCUT2D eigenvalue weighted by Gasteiger charge is 2.30. The second kappa shape index (κ2) is 9.04. The minimum absolute atomic E-state index is 0.00801. The summed E-state index contributed by atoms with van der Waals surface area (Å²) in [6.07, 6.45) is 3.84. The second-order valence-electron chi connectivity index (χ2n) is 7.84. The molecular weight excluding hydrogens is 394 g/mol. The number of nitrogens with one attached hydrogen (secondary N) is 1. The SMILES string of the molecule is CCC[C@@H](NC(=O)[C@@H](C)Sc1nc2ccccc2c(=O)n1C1CC1)c1ccccc1. The van der Waals surface area contributed by atoms with E-state index in [1.807, 2.05) is 61.5 Å². The number of hydrogen-bond donors (Lipinski definition) is 1. The van der Waals surface area contributed by atoms with Crippen LogP contribution in [-0.2, 0) is 4.79 Å². The van der Waals surface area contributed by atoms with Crippen molar-refractivity contribution >= 4 is 28.6 Å². The summed E-state index contributed by atoms with van der Waals surface area (Å²) in [7, 11) is 0. The fourth-order valence-electron chi connectivity index (χ4n) is 3.66. The van der Waals surface area contributed by atoms with Gasteiger partial charge < -0.3 is 5.32 Å². The molecule has 1 aliphatic rings. The van der Waals surface area contributed by atoms with Crippen LogP contribution < -0.4 is 10.9 Å². The maximum absolute atomic E-state index is 13.0. The van der Waals surface area contributed by atoms with E-state index in [-0.39, 0.29) is 28.8 Å². The third-order valence-corrected chi connectivity index (χ3v) is 6.50. The first kappa shape index (κ1) is 20.7. The Kier molecular flexibility index (Phi) is 6.23. The number of benzene rings is 2.